The van der Waals surface area contributed by atoms with Gasteiger partial charge in [-0.3, -0.25) is 14.5 Å². The van der Waals surface area contributed by atoms with Crippen LogP contribution in [0.2, 0.25) is 5.02 Å². The first-order valence-corrected chi connectivity index (χ1v) is 10.6. The van der Waals surface area contributed by atoms with Gasteiger partial charge >= 0.3 is 11.9 Å². The SMILES string of the molecule is CC(=O)OCC1(c2ccccc2)CCN(CC(OC(C)=O)c2ccc(Cl)cc2)CC1. The zero-order chi connectivity index (χ0) is 21.6. The van der Waals surface area contributed by atoms with Crippen molar-refractivity contribution in [3.63, 3.8) is 0 Å². The lowest BCUT2D eigenvalue weighted by Crippen LogP contribution is -2.46. The number of carbonyl (C=O) groups is 2. The number of carbonyl (C=O) groups excluding carboxylic acids is 2. The first kappa shape index (κ1) is 22.3. The van der Waals surface area contributed by atoms with E-state index >= 15 is 0 Å². The minimum Gasteiger partial charge on any atom is -0.465 e. The monoisotopic (exact) mass is 429 g/mol. The number of ether oxygens (including phenoxy) is 2. The molecule has 6 heteroatoms. The Morgan fingerprint density at radius 1 is 1.00 bits per heavy atom. The standard InChI is InChI=1S/C24H28ClNO4/c1-18(27)29-17-24(21-6-4-3-5-7-21)12-14-26(15-13-24)16-23(30-19(2)28)20-8-10-22(25)11-9-20/h3-11,23H,12-17H2,1-2H3. The lowest BCUT2D eigenvalue weighted by Gasteiger charge is -2.42. The van der Waals surface area contributed by atoms with E-state index in [4.69, 9.17) is 21.1 Å². The van der Waals surface area contributed by atoms with Crippen LogP contribution in [0.3, 0.4) is 0 Å². The fourth-order valence-electron chi connectivity index (χ4n) is 4.03. The predicted octanol–water partition coefficient (Wildman–Crippen LogP) is 4.54. The minimum absolute atomic E-state index is 0.194. The van der Waals surface area contributed by atoms with Gasteiger partial charge in [0.2, 0.25) is 0 Å². The lowest BCUT2D eigenvalue weighted by atomic mass is 9.73. The number of rotatable bonds is 7. The van der Waals surface area contributed by atoms with Gasteiger partial charge in [-0.15, -0.1) is 0 Å². The van der Waals surface area contributed by atoms with Crippen molar-refractivity contribution >= 4 is 23.5 Å². The van der Waals surface area contributed by atoms with Gasteiger partial charge in [-0.05, 0) is 49.2 Å². The molecule has 2 aromatic carbocycles. The van der Waals surface area contributed by atoms with Crippen LogP contribution < -0.4 is 0 Å². The van der Waals surface area contributed by atoms with Gasteiger partial charge in [-0.2, -0.15) is 0 Å². The topological polar surface area (TPSA) is 55.8 Å². The Bertz CT molecular complexity index is 845. The fourth-order valence-corrected chi connectivity index (χ4v) is 4.16. The molecular weight excluding hydrogens is 402 g/mol. The summed E-state index contributed by atoms with van der Waals surface area (Å²) in [5.41, 5.74) is 1.93. The van der Waals surface area contributed by atoms with Crippen LogP contribution in [-0.4, -0.2) is 43.1 Å². The van der Waals surface area contributed by atoms with Crippen LogP contribution in [0.1, 0.15) is 43.9 Å². The van der Waals surface area contributed by atoms with Gasteiger partial charge < -0.3 is 9.47 Å². The highest BCUT2D eigenvalue weighted by atomic mass is 35.5. The zero-order valence-corrected chi connectivity index (χ0v) is 18.2. The number of hydrogen-bond acceptors (Lipinski definition) is 5. The molecule has 1 atom stereocenters. The summed E-state index contributed by atoms with van der Waals surface area (Å²) in [7, 11) is 0. The molecule has 1 unspecified atom stereocenters. The fraction of sp³-hybridized carbons (Fsp3) is 0.417. The molecular formula is C24H28ClNO4. The van der Waals surface area contributed by atoms with Crippen molar-refractivity contribution in [3.05, 3.63) is 70.7 Å². The van der Waals surface area contributed by atoms with E-state index in [0.29, 0.717) is 18.2 Å². The smallest absolute Gasteiger partial charge is 0.303 e. The third kappa shape index (κ3) is 5.83. The third-order valence-corrected chi connectivity index (χ3v) is 5.98. The molecule has 2 aromatic rings. The van der Waals surface area contributed by atoms with E-state index in [1.54, 1.807) is 0 Å². The van der Waals surface area contributed by atoms with Crippen LogP contribution in [-0.2, 0) is 24.5 Å². The lowest BCUT2D eigenvalue weighted by molar-refractivity contribution is -0.148. The summed E-state index contributed by atoms with van der Waals surface area (Å²) >= 11 is 6.00. The molecule has 0 aromatic heterocycles. The average Bonchev–Trinajstić information content (AvgIpc) is 2.74. The second-order valence-corrected chi connectivity index (χ2v) is 8.31. The molecule has 0 N–H and O–H groups in total. The molecule has 1 fully saturated rings. The number of hydrogen-bond donors (Lipinski definition) is 0. The number of esters is 2. The van der Waals surface area contributed by atoms with Crippen molar-refractivity contribution in [1.82, 2.24) is 4.90 Å². The number of benzene rings is 2. The van der Waals surface area contributed by atoms with Crippen LogP contribution in [0.15, 0.2) is 54.6 Å². The second kappa shape index (κ2) is 10.1. The molecule has 30 heavy (non-hydrogen) atoms. The molecule has 5 nitrogen and oxygen atoms in total. The molecule has 1 heterocycles. The van der Waals surface area contributed by atoms with Crippen LogP contribution in [0.5, 0.6) is 0 Å². The van der Waals surface area contributed by atoms with Gasteiger partial charge in [0.1, 0.15) is 12.7 Å². The van der Waals surface area contributed by atoms with Gasteiger partial charge in [-0.25, -0.2) is 0 Å². The third-order valence-electron chi connectivity index (χ3n) is 5.73. The van der Waals surface area contributed by atoms with Gasteiger partial charge in [0, 0.05) is 30.8 Å². The van der Waals surface area contributed by atoms with Crippen LogP contribution >= 0.6 is 11.6 Å². The first-order chi connectivity index (χ1) is 14.4. The maximum Gasteiger partial charge on any atom is 0.303 e. The summed E-state index contributed by atoms with van der Waals surface area (Å²) in [6, 6.07) is 17.7. The molecule has 0 saturated carbocycles. The summed E-state index contributed by atoms with van der Waals surface area (Å²) < 4.78 is 11.1. The van der Waals surface area contributed by atoms with E-state index in [2.05, 4.69) is 17.0 Å². The van der Waals surface area contributed by atoms with Gasteiger partial charge in [0.25, 0.3) is 0 Å². The highest BCUT2D eigenvalue weighted by Gasteiger charge is 2.38. The largest absolute Gasteiger partial charge is 0.465 e. The van der Waals surface area contributed by atoms with E-state index < -0.39 is 0 Å². The van der Waals surface area contributed by atoms with Crippen molar-refractivity contribution in [1.29, 1.82) is 0 Å². The van der Waals surface area contributed by atoms with Crippen molar-refractivity contribution < 1.29 is 19.1 Å². The van der Waals surface area contributed by atoms with E-state index in [-0.39, 0.29) is 23.5 Å². The Balaban J connectivity index is 1.71. The van der Waals surface area contributed by atoms with Crippen LogP contribution in [0, 0.1) is 0 Å². The molecule has 160 valence electrons. The molecule has 1 saturated heterocycles. The van der Waals surface area contributed by atoms with Crippen molar-refractivity contribution in [3.8, 4) is 0 Å². The number of piperidine rings is 1. The van der Waals surface area contributed by atoms with E-state index in [0.717, 1.165) is 31.5 Å². The Kier molecular flexibility index (Phi) is 7.51. The number of likely N-dealkylation sites (tertiary alicyclic amines) is 1. The van der Waals surface area contributed by atoms with Crippen molar-refractivity contribution in [2.24, 2.45) is 0 Å². The Morgan fingerprint density at radius 3 is 2.20 bits per heavy atom. The van der Waals surface area contributed by atoms with Crippen molar-refractivity contribution in [2.45, 2.75) is 38.2 Å². The summed E-state index contributed by atoms with van der Waals surface area (Å²) in [6.45, 7) is 5.51. The molecule has 1 aliphatic heterocycles. The molecule has 0 bridgehead atoms. The highest BCUT2D eigenvalue weighted by molar-refractivity contribution is 6.30. The molecule has 0 amide bonds. The zero-order valence-electron chi connectivity index (χ0n) is 17.5. The van der Waals surface area contributed by atoms with Gasteiger partial charge in [-0.1, -0.05) is 54.1 Å². The maximum atomic E-state index is 11.7. The molecule has 0 aliphatic carbocycles. The van der Waals surface area contributed by atoms with Crippen molar-refractivity contribution in [2.75, 3.05) is 26.2 Å². The summed E-state index contributed by atoms with van der Waals surface area (Å²) in [6.07, 6.45) is 1.37. The normalized spacial score (nSPS) is 17.2. The predicted molar refractivity (Wildman–Crippen MR) is 116 cm³/mol. The molecule has 1 aliphatic rings. The molecule has 3 rings (SSSR count). The summed E-state index contributed by atoms with van der Waals surface area (Å²) in [5, 5.41) is 0.649. The second-order valence-electron chi connectivity index (χ2n) is 7.88. The number of halogens is 1. The Morgan fingerprint density at radius 2 is 1.63 bits per heavy atom. The molecule has 0 spiro atoms. The molecule has 0 radical (unpaired) electrons. The van der Waals surface area contributed by atoms with Gasteiger partial charge in [0.05, 0.1) is 0 Å². The quantitative estimate of drug-likeness (QED) is 0.605. The van der Waals surface area contributed by atoms with E-state index in [1.807, 2.05) is 42.5 Å². The highest BCUT2D eigenvalue weighted by Crippen LogP contribution is 2.36. The first-order valence-electron chi connectivity index (χ1n) is 10.2. The maximum absolute atomic E-state index is 11.7. The Labute approximate surface area is 182 Å². The number of nitrogens with zero attached hydrogens (tertiary/aromatic N) is 1. The minimum atomic E-state index is -0.350. The summed E-state index contributed by atoms with van der Waals surface area (Å²) in [4.78, 5) is 25.4. The van der Waals surface area contributed by atoms with E-state index in [1.165, 1.54) is 19.4 Å². The van der Waals surface area contributed by atoms with Crippen LogP contribution in [0.4, 0.5) is 0 Å². The summed E-state index contributed by atoms with van der Waals surface area (Å²) in [5.74, 6) is -0.564. The average molecular weight is 430 g/mol. The van der Waals surface area contributed by atoms with Gasteiger partial charge in [0.15, 0.2) is 0 Å². The van der Waals surface area contributed by atoms with E-state index in [9.17, 15) is 9.59 Å². The van der Waals surface area contributed by atoms with Crippen LogP contribution in [0.25, 0.3) is 0 Å². The Hall–Kier alpha value is -2.37.